The minimum atomic E-state index is 0.955. The molecule has 0 spiro atoms. The van der Waals surface area contributed by atoms with Crippen molar-refractivity contribution in [1.82, 2.24) is 9.97 Å². The molecule has 0 bridgehead atoms. The van der Waals surface area contributed by atoms with Gasteiger partial charge < -0.3 is 5.32 Å². The lowest BCUT2D eigenvalue weighted by Crippen LogP contribution is -2.04. The van der Waals surface area contributed by atoms with E-state index in [2.05, 4.69) is 69.3 Å². The van der Waals surface area contributed by atoms with Crippen molar-refractivity contribution in [3.8, 4) is 11.1 Å². The number of hydrogen-bond acceptors (Lipinski definition) is 4. The molecule has 0 aliphatic heterocycles. The number of hydrogen-bond donors (Lipinski definition) is 1. The molecule has 0 radical (unpaired) electrons. The first-order valence-corrected chi connectivity index (χ1v) is 10.1. The Bertz CT molecular complexity index is 811. The van der Waals surface area contributed by atoms with E-state index in [1.54, 1.807) is 17.7 Å². The van der Waals surface area contributed by atoms with Crippen molar-refractivity contribution in [2.45, 2.75) is 39.5 Å². The van der Waals surface area contributed by atoms with E-state index < -0.39 is 0 Å². The number of aryl methyl sites for hydroxylation is 1. The molecule has 1 N–H and O–H groups in total. The number of fused-ring (bicyclic) bond motifs is 1. The Morgan fingerprint density at radius 3 is 2.58 bits per heavy atom. The molecule has 0 fully saturated rings. The smallest absolute Gasteiger partial charge is 0.138 e. The molecule has 0 aliphatic rings. The van der Waals surface area contributed by atoms with Crippen molar-refractivity contribution < 1.29 is 0 Å². The summed E-state index contributed by atoms with van der Waals surface area (Å²) in [5.74, 6) is 0.963. The lowest BCUT2D eigenvalue weighted by Gasteiger charge is -2.09. The maximum absolute atomic E-state index is 4.53. The SMILES string of the molecule is CCCCCNc1ncnc2sc(CC)c(-c3ccc(Br)cc3)c12. The van der Waals surface area contributed by atoms with Gasteiger partial charge in [0.25, 0.3) is 0 Å². The second-order valence-electron chi connectivity index (χ2n) is 5.80. The number of thiophene rings is 1. The molecule has 3 nitrogen and oxygen atoms in total. The predicted molar refractivity (Wildman–Crippen MR) is 108 cm³/mol. The van der Waals surface area contributed by atoms with Crippen molar-refractivity contribution in [3.63, 3.8) is 0 Å². The van der Waals surface area contributed by atoms with E-state index in [1.807, 2.05) is 0 Å². The minimum absolute atomic E-state index is 0.955. The van der Waals surface area contributed by atoms with Crippen molar-refractivity contribution >= 4 is 43.3 Å². The highest BCUT2D eigenvalue weighted by molar-refractivity contribution is 9.10. The van der Waals surface area contributed by atoms with E-state index in [4.69, 9.17) is 0 Å². The molecule has 1 aromatic carbocycles. The molecule has 2 heterocycles. The van der Waals surface area contributed by atoms with E-state index in [-0.39, 0.29) is 0 Å². The largest absolute Gasteiger partial charge is 0.369 e. The van der Waals surface area contributed by atoms with Gasteiger partial charge in [0, 0.05) is 21.5 Å². The Kier molecular flexibility index (Phi) is 5.85. The van der Waals surface area contributed by atoms with Crippen LogP contribution in [0.2, 0.25) is 0 Å². The number of nitrogens with one attached hydrogen (secondary N) is 1. The second kappa shape index (κ2) is 8.08. The Labute approximate surface area is 155 Å². The maximum Gasteiger partial charge on any atom is 0.138 e. The first-order valence-electron chi connectivity index (χ1n) is 8.50. The number of halogens is 1. The fourth-order valence-electron chi connectivity index (χ4n) is 2.87. The lowest BCUT2D eigenvalue weighted by atomic mass is 10.0. The molecule has 0 unspecified atom stereocenters. The highest BCUT2D eigenvalue weighted by Gasteiger charge is 2.17. The standard InChI is InChI=1S/C19H22BrN3S/c1-3-5-6-11-21-18-17-16(13-7-9-14(20)10-8-13)15(4-2)24-19(17)23-12-22-18/h7-10,12H,3-6,11H2,1-2H3,(H,21,22,23). The van der Waals surface area contributed by atoms with Crippen LogP contribution < -0.4 is 5.32 Å². The van der Waals surface area contributed by atoms with Crippen molar-refractivity contribution in [1.29, 1.82) is 0 Å². The summed E-state index contributed by atoms with van der Waals surface area (Å²) >= 11 is 5.30. The average molecular weight is 404 g/mol. The molecular formula is C19H22BrN3S. The van der Waals surface area contributed by atoms with Gasteiger partial charge in [-0.15, -0.1) is 11.3 Å². The topological polar surface area (TPSA) is 37.8 Å². The number of benzene rings is 1. The molecule has 0 atom stereocenters. The zero-order chi connectivity index (χ0) is 16.9. The molecule has 0 amide bonds. The monoisotopic (exact) mass is 403 g/mol. The van der Waals surface area contributed by atoms with E-state index in [9.17, 15) is 0 Å². The summed E-state index contributed by atoms with van der Waals surface area (Å²) in [7, 11) is 0. The van der Waals surface area contributed by atoms with Gasteiger partial charge >= 0.3 is 0 Å². The summed E-state index contributed by atoms with van der Waals surface area (Å²) in [6, 6.07) is 8.52. The van der Waals surface area contributed by atoms with E-state index >= 15 is 0 Å². The van der Waals surface area contributed by atoms with E-state index in [1.165, 1.54) is 35.3 Å². The van der Waals surface area contributed by atoms with Gasteiger partial charge in [0.1, 0.15) is 17.0 Å². The highest BCUT2D eigenvalue weighted by Crippen LogP contribution is 2.41. The maximum atomic E-state index is 4.53. The summed E-state index contributed by atoms with van der Waals surface area (Å²) in [6.45, 7) is 5.38. The zero-order valence-electron chi connectivity index (χ0n) is 14.1. The van der Waals surface area contributed by atoms with Crippen LogP contribution in [0.3, 0.4) is 0 Å². The molecule has 3 rings (SSSR count). The summed E-state index contributed by atoms with van der Waals surface area (Å²) in [4.78, 5) is 11.5. The van der Waals surface area contributed by atoms with Crippen LogP contribution in [0, 0.1) is 0 Å². The summed E-state index contributed by atoms with van der Waals surface area (Å²) in [5.41, 5.74) is 2.51. The predicted octanol–water partition coefficient (Wildman–Crippen LogP) is 6.29. The molecular weight excluding hydrogens is 382 g/mol. The van der Waals surface area contributed by atoms with Crippen molar-refractivity contribution in [3.05, 3.63) is 39.9 Å². The molecule has 5 heteroatoms. The third kappa shape index (κ3) is 3.62. The number of anilines is 1. The van der Waals surface area contributed by atoms with E-state index in [0.717, 1.165) is 33.5 Å². The molecule has 126 valence electrons. The fraction of sp³-hybridized carbons (Fsp3) is 0.368. The van der Waals surface area contributed by atoms with Crippen molar-refractivity contribution in [2.24, 2.45) is 0 Å². The quantitative estimate of drug-likeness (QED) is 0.471. The van der Waals surface area contributed by atoms with Gasteiger partial charge in [-0.1, -0.05) is 54.8 Å². The van der Waals surface area contributed by atoms with Crippen LogP contribution in [-0.4, -0.2) is 16.5 Å². The molecule has 0 aliphatic carbocycles. The Morgan fingerprint density at radius 1 is 1.08 bits per heavy atom. The van der Waals surface area contributed by atoms with Gasteiger partial charge in [0.2, 0.25) is 0 Å². The first-order chi connectivity index (χ1) is 11.7. The first kappa shape index (κ1) is 17.4. The Morgan fingerprint density at radius 2 is 1.88 bits per heavy atom. The molecule has 0 saturated carbocycles. The average Bonchev–Trinajstić information content (AvgIpc) is 2.99. The molecule has 3 aromatic rings. The molecule has 24 heavy (non-hydrogen) atoms. The lowest BCUT2D eigenvalue weighted by molar-refractivity contribution is 0.742. The van der Waals surface area contributed by atoms with Crippen LogP contribution in [0.4, 0.5) is 5.82 Å². The third-order valence-electron chi connectivity index (χ3n) is 4.09. The summed E-state index contributed by atoms with van der Waals surface area (Å²) in [5, 5.41) is 4.69. The van der Waals surface area contributed by atoms with Crippen LogP contribution in [-0.2, 0) is 6.42 Å². The zero-order valence-corrected chi connectivity index (χ0v) is 16.5. The van der Waals surface area contributed by atoms with Crippen LogP contribution in [0.1, 0.15) is 38.0 Å². The second-order valence-corrected chi connectivity index (χ2v) is 7.80. The number of aromatic nitrogens is 2. The van der Waals surface area contributed by atoms with Gasteiger partial charge in [-0.3, -0.25) is 0 Å². The van der Waals surface area contributed by atoms with Crippen LogP contribution >= 0.6 is 27.3 Å². The normalized spacial score (nSPS) is 11.1. The van der Waals surface area contributed by atoms with E-state index in [0.29, 0.717) is 0 Å². The number of unbranched alkanes of at least 4 members (excludes halogenated alkanes) is 2. The highest BCUT2D eigenvalue weighted by atomic mass is 79.9. The van der Waals surface area contributed by atoms with Crippen LogP contribution in [0.15, 0.2) is 35.1 Å². The van der Waals surface area contributed by atoms with Crippen LogP contribution in [0.5, 0.6) is 0 Å². The minimum Gasteiger partial charge on any atom is -0.369 e. The van der Waals surface area contributed by atoms with Gasteiger partial charge in [0.05, 0.1) is 5.39 Å². The van der Waals surface area contributed by atoms with Gasteiger partial charge in [-0.05, 0) is 30.5 Å². The fourth-order valence-corrected chi connectivity index (χ4v) is 4.23. The number of rotatable bonds is 7. The van der Waals surface area contributed by atoms with Crippen LogP contribution in [0.25, 0.3) is 21.3 Å². The third-order valence-corrected chi connectivity index (χ3v) is 5.86. The molecule has 2 aromatic heterocycles. The Hall–Kier alpha value is -1.46. The Balaban J connectivity index is 2.06. The van der Waals surface area contributed by atoms with Crippen molar-refractivity contribution in [2.75, 3.05) is 11.9 Å². The van der Waals surface area contributed by atoms with Gasteiger partial charge in [-0.25, -0.2) is 9.97 Å². The summed E-state index contributed by atoms with van der Waals surface area (Å²) in [6.07, 6.45) is 6.31. The number of nitrogens with zero attached hydrogens (tertiary/aromatic N) is 2. The van der Waals surface area contributed by atoms with Gasteiger partial charge in [-0.2, -0.15) is 0 Å². The van der Waals surface area contributed by atoms with Gasteiger partial charge in [0.15, 0.2) is 0 Å². The molecule has 0 saturated heterocycles. The summed E-state index contributed by atoms with van der Waals surface area (Å²) < 4.78 is 1.10.